The molecule has 8 heteroatoms. The maximum Gasteiger partial charge on any atom is 0.311 e. The second-order valence-electron chi connectivity index (χ2n) is 4.66. The molecule has 1 amide bonds. The molecule has 0 radical (unpaired) electrons. The van der Waals surface area contributed by atoms with Crippen LogP contribution in [-0.2, 0) is 4.79 Å². The van der Waals surface area contributed by atoms with Crippen LogP contribution in [0.2, 0.25) is 0 Å². The lowest BCUT2D eigenvalue weighted by molar-refractivity contribution is -0.385. The van der Waals surface area contributed by atoms with Crippen molar-refractivity contribution in [3.05, 3.63) is 52.6 Å². The zero-order valence-electron chi connectivity index (χ0n) is 13.1. The summed E-state index contributed by atoms with van der Waals surface area (Å²) < 4.78 is 10.3. The van der Waals surface area contributed by atoms with E-state index in [1.807, 2.05) is 24.5 Å². The Labute approximate surface area is 143 Å². The lowest BCUT2D eigenvalue weighted by atomic mass is 10.3. The molecule has 0 spiro atoms. The fourth-order valence-electron chi connectivity index (χ4n) is 1.95. The van der Waals surface area contributed by atoms with Gasteiger partial charge in [-0.1, -0.05) is 6.07 Å². The van der Waals surface area contributed by atoms with Gasteiger partial charge in [0.05, 0.1) is 12.0 Å². The van der Waals surface area contributed by atoms with Crippen LogP contribution in [0.4, 0.5) is 11.4 Å². The quantitative estimate of drug-likeness (QED) is 0.469. The summed E-state index contributed by atoms with van der Waals surface area (Å²) in [5.74, 6) is 0.0571. The summed E-state index contributed by atoms with van der Waals surface area (Å²) in [5, 5.41) is 13.6. The summed E-state index contributed by atoms with van der Waals surface area (Å²) >= 11 is 1.58. The van der Waals surface area contributed by atoms with Crippen LogP contribution in [0.3, 0.4) is 0 Å². The Balaban J connectivity index is 1.97. The first-order valence-corrected chi connectivity index (χ1v) is 8.15. The second-order valence-corrected chi connectivity index (χ2v) is 5.54. The van der Waals surface area contributed by atoms with Crippen molar-refractivity contribution in [2.75, 3.05) is 25.3 Å². The van der Waals surface area contributed by atoms with E-state index >= 15 is 0 Å². The highest BCUT2D eigenvalue weighted by atomic mass is 32.2. The second kappa shape index (κ2) is 8.21. The molecule has 0 atom stereocenters. The number of amides is 1. The summed E-state index contributed by atoms with van der Waals surface area (Å²) in [7, 11) is 1.33. The Morgan fingerprint density at radius 1 is 1.29 bits per heavy atom. The first-order chi connectivity index (χ1) is 11.5. The number of benzene rings is 2. The molecule has 0 aliphatic heterocycles. The highest BCUT2D eigenvalue weighted by molar-refractivity contribution is 7.98. The molecule has 0 aromatic heterocycles. The molecule has 0 fully saturated rings. The number of ether oxygens (including phenoxy) is 2. The van der Waals surface area contributed by atoms with E-state index in [-0.39, 0.29) is 24.0 Å². The minimum Gasteiger partial charge on any atom is -0.490 e. The van der Waals surface area contributed by atoms with E-state index in [0.29, 0.717) is 11.4 Å². The Kier molecular flexibility index (Phi) is 6.02. The number of hydrogen-bond acceptors (Lipinski definition) is 6. The summed E-state index contributed by atoms with van der Waals surface area (Å²) in [6, 6.07) is 11.5. The Hall–Kier alpha value is -2.74. The Morgan fingerprint density at radius 3 is 2.75 bits per heavy atom. The lowest BCUT2D eigenvalue weighted by Gasteiger charge is -2.09. The molecule has 0 saturated carbocycles. The largest absolute Gasteiger partial charge is 0.490 e. The predicted octanol–water partition coefficient (Wildman–Crippen LogP) is 3.34. The molecule has 0 saturated heterocycles. The van der Waals surface area contributed by atoms with Crippen molar-refractivity contribution in [1.82, 2.24) is 0 Å². The van der Waals surface area contributed by atoms with E-state index < -0.39 is 4.92 Å². The summed E-state index contributed by atoms with van der Waals surface area (Å²) in [5.41, 5.74) is 0.514. The van der Waals surface area contributed by atoms with Crippen LogP contribution >= 0.6 is 11.8 Å². The molecule has 24 heavy (non-hydrogen) atoms. The van der Waals surface area contributed by atoms with Crippen LogP contribution in [0.1, 0.15) is 0 Å². The first-order valence-electron chi connectivity index (χ1n) is 6.92. The fourth-order valence-corrected chi connectivity index (χ4v) is 2.40. The number of nitrogens with zero attached hydrogens (tertiary/aromatic N) is 1. The molecule has 1 N–H and O–H groups in total. The normalized spacial score (nSPS) is 10.1. The molecule has 126 valence electrons. The number of nitro groups is 1. The number of methoxy groups -OCH3 is 1. The zero-order chi connectivity index (χ0) is 17.5. The van der Waals surface area contributed by atoms with Gasteiger partial charge in [0.25, 0.3) is 5.91 Å². The van der Waals surface area contributed by atoms with Gasteiger partial charge in [-0.15, -0.1) is 11.8 Å². The topological polar surface area (TPSA) is 90.7 Å². The predicted molar refractivity (Wildman–Crippen MR) is 92.0 cm³/mol. The number of thioether (sulfide) groups is 1. The van der Waals surface area contributed by atoms with Crippen molar-refractivity contribution in [2.24, 2.45) is 0 Å². The molecular weight excluding hydrogens is 332 g/mol. The van der Waals surface area contributed by atoms with Gasteiger partial charge in [0, 0.05) is 22.7 Å². The minimum atomic E-state index is -0.548. The van der Waals surface area contributed by atoms with Crippen molar-refractivity contribution >= 4 is 29.0 Å². The number of hydrogen-bond donors (Lipinski definition) is 1. The number of carbonyl (C=O) groups is 1. The molecule has 0 aliphatic rings. The molecule has 0 heterocycles. The van der Waals surface area contributed by atoms with Crippen molar-refractivity contribution in [3.63, 3.8) is 0 Å². The number of anilines is 1. The van der Waals surface area contributed by atoms with Gasteiger partial charge in [0.2, 0.25) is 5.75 Å². The summed E-state index contributed by atoms with van der Waals surface area (Å²) in [4.78, 5) is 23.3. The maximum atomic E-state index is 11.9. The van der Waals surface area contributed by atoms with E-state index in [4.69, 9.17) is 9.47 Å². The van der Waals surface area contributed by atoms with E-state index in [1.165, 1.54) is 25.3 Å². The van der Waals surface area contributed by atoms with Gasteiger partial charge < -0.3 is 14.8 Å². The number of carbonyl (C=O) groups excluding carboxylic acids is 1. The van der Waals surface area contributed by atoms with Crippen molar-refractivity contribution in [1.29, 1.82) is 0 Å². The molecule has 2 aromatic rings. The highest BCUT2D eigenvalue weighted by Crippen LogP contribution is 2.30. The summed E-state index contributed by atoms with van der Waals surface area (Å²) in [6.45, 7) is -0.218. The third-order valence-corrected chi connectivity index (χ3v) is 3.80. The van der Waals surface area contributed by atoms with E-state index in [9.17, 15) is 14.9 Å². The van der Waals surface area contributed by atoms with Crippen LogP contribution in [-0.4, -0.2) is 30.8 Å². The average Bonchev–Trinajstić information content (AvgIpc) is 2.59. The first kappa shape index (κ1) is 17.6. The van der Waals surface area contributed by atoms with E-state index in [2.05, 4.69) is 5.32 Å². The third-order valence-electron chi connectivity index (χ3n) is 3.07. The maximum absolute atomic E-state index is 11.9. The molecule has 7 nitrogen and oxygen atoms in total. The van der Waals surface area contributed by atoms with Crippen molar-refractivity contribution < 1.29 is 19.2 Å². The molecule has 2 aromatic carbocycles. The van der Waals surface area contributed by atoms with E-state index in [1.54, 1.807) is 17.8 Å². The van der Waals surface area contributed by atoms with Crippen LogP contribution in [0, 0.1) is 10.1 Å². The Morgan fingerprint density at radius 2 is 2.08 bits per heavy atom. The van der Waals surface area contributed by atoms with Gasteiger partial charge in [-0.25, -0.2) is 0 Å². The molecule has 0 bridgehead atoms. The fraction of sp³-hybridized carbons (Fsp3) is 0.188. The minimum absolute atomic E-state index is 0.0746. The van der Waals surface area contributed by atoms with Crippen LogP contribution in [0.5, 0.6) is 11.5 Å². The van der Waals surface area contributed by atoms with Crippen molar-refractivity contribution in [2.45, 2.75) is 4.90 Å². The number of rotatable bonds is 7. The molecule has 0 unspecified atom stereocenters. The van der Waals surface area contributed by atoms with Crippen LogP contribution in [0.25, 0.3) is 0 Å². The SMILES string of the molecule is COc1cc(OCC(=O)Nc2cccc(SC)c2)ccc1[N+](=O)[O-]. The Bertz CT molecular complexity index is 751. The van der Waals surface area contributed by atoms with E-state index in [0.717, 1.165) is 4.90 Å². The van der Waals surface area contributed by atoms with Crippen LogP contribution < -0.4 is 14.8 Å². The monoisotopic (exact) mass is 348 g/mol. The lowest BCUT2D eigenvalue weighted by Crippen LogP contribution is -2.20. The smallest absolute Gasteiger partial charge is 0.311 e. The van der Waals surface area contributed by atoms with Gasteiger partial charge in [-0.2, -0.15) is 0 Å². The van der Waals surface area contributed by atoms with Gasteiger partial charge in [-0.05, 0) is 30.5 Å². The highest BCUT2D eigenvalue weighted by Gasteiger charge is 2.15. The van der Waals surface area contributed by atoms with Gasteiger partial charge in [-0.3, -0.25) is 14.9 Å². The average molecular weight is 348 g/mol. The summed E-state index contributed by atoms with van der Waals surface area (Å²) in [6.07, 6.45) is 1.95. The molecule has 0 aliphatic carbocycles. The molecular formula is C16H16N2O5S. The standard InChI is InChI=1S/C16H16N2O5S/c1-22-15-9-12(6-7-14(15)18(20)21)23-10-16(19)17-11-4-3-5-13(8-11)24-2/h3-9H,10H2,1-2H3,(H,17,19). The van der Waals surface area contributed by atoms with Gasteiger partial charge in [0.15, 0.2) is 6.61 Å². The third kappa shape index (κ3) is 4.63. The van der Waals surface area contributed by atoms with Crippen molar-refractivity contribution in [3.8, 4) is 11.5 Å². The van der Waals surface area contributed by atoms with Crippen LogP contribution in [0.15, 0.2) is 47.4 Å². The van der Waals surface area contributed by atoms with Gasteiger partial charge >= 0.3 is 5.69 Å². The zero-order valence-corrected chi connectivity index (χ0v) is 14.0. The molecule has 2 rings (SSSR count). The number of nitro benzene ring substituents is 1. The number of nitrogens with one attached hydrogen (secondary N) is 1. The van der Waals surface area contributed by atoms with Gasteiger partial charge in [0.1, 0.15) is 5.75 Å².